The Balaban J connectivity index is 2.28. The van der Waals surface area contributed by atoms with E-state index in [-0.39, 0.29) is 16.2 Å². The van der Waals surface area contributed by atoms with Crippen molar-refractivity contribution in [2.45, 2.75) is 12.4 Å². The molecular formula is C15H8BrClF6N2S. The molecule has 0 heterocycles. The van der Waals surface area contributed by atoms with Gasteiger partial charge in [0.1, 0.15) is 0 Å². The van der Waals surface area contributed by atoms with Gasteiger partial charge in [-0.3, -0.25) is 0 Å². The highest BCUT2D eigenvalue weighted by atomic mass is 79.9. The van der Waals surface area contributed by atoms with Crippen molar-refractivity contribution in [3.05, 3.63) is 57.0 Å². The molecule has 0 saturated carbocycles. The topological polar surface area (TPSA) is 24.1 Å². The lowest BCUT2D eigenvalue weighted by Crippen LogP contribution is -2.20. The quantitative estimate of drug-likeness (QED) is 0.362. The molecule has 0 fully saturated rings. The first-order chi connectivity index (χ1) is 11.9. The van der Waals surface area contributed by atoms with Gasteiger partial charge < -0.3 is 10.6 Å². The first-order valence-corrected chi connectivity index (χ1v) is 8.27. The first-order valence-electron chi connectivity index (χ1n) is 6.69. The summed E-state index contributed by atoms with van der Waals surface area (Å²) in [5.74, 6) is 0. The predicted molar refractivity (Wildman–Crippen MR) is 95.4 cm³/mol. The minimum absolute atomic E-state index is 0.0350. The molecule has 0 aromatic heterocycles. The predicted octanol–water partition coefficient (Wildman–Crippen LogP) is 6.95. The summed E-state index contributed by atoms with van der Waals surface area (Å²) < 4.78 is 77.8. The third kappa shape index (κ3) is 5.49. The van der Waals surface area contributed by atoms with E-state index in [1.807, 2.05) is 0 Å². The van der Waals surface area contributed by atoms with Crippen molar-refractivity contribution in [2.24, 2.45) is 0 Å². The van der Waals surface area contributed by atoms with E-state index in [2.05, 4.69) is 26.6 Å². The second-order valence-electron chi connectivity index (χ2n) is 5.00. The van der Waals surface area contributed by atoms with E-state index in [9.17, 15) is 26.3 Å². The van der Waals surface area contributed by atoms with Gasteiger partial charge >= 0.3 is 12.4 Å². The van der Waals surface area contributed by atoms with Crippen LogP contribution >= 0.6 is 39.7 Å². The van der Waals surface area contributed by atoms with E-state index in [0.29, 0.717) is 22.3 Å². The first kappa shape index (κ1) is 20.8. The SMILES string of the molecule is FC(F)(F)c1cc(NC(=S)Nc2ccc(Br)cc2Cl)cc(C(F)(F)F)c1. The van der Waals surface area contributed by atoms with Gasteiger partial charge in [-0.05, 0) is 48.6 Å². The number of hydrogen-bond acceptors (Lipinski definition) is 1. The summed E-state index contributed by atoms with van der Waals surface area (Å²) in [4.78, 5) is 0. The van der Waals surface area contributed by atoms with Gasteiger partial charge in [0.05, 0.1) is 21.8 Å². The number of alkyl halides is 6. The molecule has 26 heavy (non-hydrogen) atoms. The highest BCUT2D eigenvalue weighted by Crippen LogP contribution is 2.37. The Morgan fingerprint density at radius 3 is 1.88 bits per heavy atom. The van der Waals surface area contributed by atoms with Crippen LogP contribution in [-0.2, 0) is 12.4 Å². The number of anilines is 2. The molecule has 2 aromatic carbocycles. The van der Waals surface area contributed by atoms with Crippen LogP contribution in [0.15, 0.2) is 40.9 Å². The summed E-state index contributed by atoms with van der Waals surface area (Å²) in [5, 5.41) is 4.95. The van der Waals surface area contributed by atoms with Gasteiger partial charge in [0.2, 0.25) is 0 Å². The lowest BCUT2D eigenvalue weighted by atomic mass is 10.1. The largest absolute Gasteiger partial charge is 0.416 e. The minimum Gasteiger partial charge on any atom is -0.332 e. The fourth-order valence-corrected chi connectivity index (χ4v) is 2.85. The summed E-state index contributed by atoms with van der Waals surface area (Å²) in [6, 6.07) is 5.81. The van der Waals surface area contributed by atoms with Gasteiger partial charge in [0.15, 0.2) is 5.11 Å². The normalized spacial score (nSPS) is 12.0. The van der Waals surface area contributed by atoms with E-state index in [0.717, 1.165) is 0 Å². The van der Waals surface area contributed by atoms with Gasteiger partial charge in [0.25, 0.3) is 0 Å². The van der Waals surface area contributed by atoms with Crippen LogP contribution in [0.25, 0.3) is 0 Å². The fourth-order valence-electron chi connectivity index (χ4n) is 1.90. The second-order valence-corrected chi connectivity index (χ2v) is 6.73. The molecule has 2 N–H and O–H groups in total. The Kier molecular flexibility index (Phi) is 6.09. The molecule has 0 atom stereocenters. The van der Waals surface area contributed by atoms with Gasteiger partial charge in [0, 0.05) is 10.2 Å². The summed E-state index contributed by atoms with van der Waals surface area (Å²) in [5.41, 5.74) is -3.02. The number of halogens is 8. The Morgan fingerprint density at radius 2 is 1.42 bits per heavy atom. The van der Waals surface area contributed by atoms with Crippen molar-refractivity contribution in [2.75, 3.05) is 10.6 Å². The van der Waals surface area contributed by atoms with Crippen molar-refractivity contribution in [3.8, 4) is 0 Å². The molecule has 0 aliphatic heterocycles. The third-order valence-electron chi connectivity index (χ3n) is 3.02. The number of nitrogens with one attached hydrogen (secondary N) is 2. The number of benzene rings is 2. The summed E-state index contributed by atoms with van der Waals surface area (Å²) >= 11 is 14.1. The number of rotatable bonds is 2. The molecule has 2 nitrogen and oxygen atoms in total. The molecule has 140 valence electrons. The maximum atomic E-state index is 12.8. The zero-order chi connectivity index (χ0) is 19.7. The highest BCUT2D eigenvalue weighted by Gasteiger charge is 2.37. The average Bonchev–Trinajstić information content (AvgIpc) is 2.48. The molecule has 0 aliphatic rings. The van der Waals surface area contributed by atoms with Crippen LogP contribution in [0.2, 0.25) is 5.02 Å². The zero-order valence-corrected chi connectivity index (χ0v) is 15.6. The number of hydrogen-bond donors (Lipinski definition) is 2. The van der Waals surface area contributed by atoms with Crippen molar-refractivity contribution >= 4 is 56.2 Å². The van der Waals surface area contributed by atoms with Crippen molar-refractivity contribution < 1.29 is 26.3 Å². The lowest BCUT2D eigenvalue weighted by Gasteiger charge is -2.16. The summed E-state index contributed by atoms with van der Waals surface area (Å²) in [6.45, 7) is 0. The molecule has 0 radical (unpaired) electrons. The van der Waals surface area contributed by atoms with Crippen LogP contribution in [0.5, 0.6) is 0 Å². The van der Waals surface area contributed by atoms with Crippen molar-refractivity contribution in [3.63, 3.8) is 0 Å². The lowest BCUT2D eigenvalue weighted by molar-refractivity contribution is -0.143. The Hall–Kier alpha value is -1.52. The van der Waals surface area contributed by atoms with E-state index in [1.165, 1.54) is 6.07 Å². The van der Waals surface area contributed by atoms with Crippen molar-refractivity contribution in [1.82, 2.24) is 0 Å². The second kappa shape index (κ2) is 7.61. The smallest absolute Gasteiger partial charge is 0.332 e. The monoisotopic (exact) mass is 476 g/mol. The van der Waals surface area contributed by atoms with E-state index in [1.54, 1.807) is 12.1 Å². The molecule has 0 saturated heterocycles. The van der Waals surface area contributed by atoms with E-state index < -0.39 is 29.2 Å². The standard InChI is InChI=1S/C15H8BrClF6N2S/c16-9-1-2-12(11(17)6-9)25-13(26)24-10-4-7(14(18,19)20)3-8(5-10)15(21,22)23/h1-6H,(H2,24,25,26). The van der Waals surface area contributed by atoms with Crippen LogP contribution in [0.1, 0.15) is 11.1 Å². The van der Waals surface area contributed by atoms with Crippen LogP contribution in [0, 0.1) is 0 Å². The maximum absolute atomic E-state index is 12.8. The number of thiocarbonyl (C=S) groups is 1. The van der Waals surface area contributed by atoms with Gasteiger partial charge in [-0.25, -0.2) is 0 Å². The van der Waals surface area contributed by atoms with Crippen LogP contribution < -0.4 is 10.6 Å². The van der Waals surface area contributed by atoms with E-state index >= 15 is 0 Å². The third-order valence-corrected chi connectivity index (χ3v) is 4.03. The zero-order valence-electron chi connectivity index (χ0n) is 12.4. The van der Waals surface area contributed by atoms with Crippen molar-refractivity contribution in [1.29, 1.82) is 0 Å². The van der Waals surface area contributed by atoms with Crippen LogP contribution in [-0.4, -0.2) is 5.11 Å². The Morgan fingerprint density at radius 1 is 0.885 bits per heavy atom. The molecular weight excluding hydrogens is 470 g/mol. The highest BCUT2D eigenvalue weighted by molar-refractivity contribution is 9.10. The van der Waals surface area contributed by atoms with Gasteiger partial charge in [-0.15, -0.1) is 0 Å². The molecule has 2 rings (SSSR count). The molecule has 0 unspecified atom stereocenters. The van der Waals surface area contributed by atoms with Gasteiger partial charge in [-0.2, -0.15) is 26.3 Å². The molecule has 2 aromatic rings. The van der Waals surface area contributed by atoms with Crippen LogP contribution in [0.3, 0.4) is 0 Å². The minimum atomic E-state index is -4.94. The molecule has 0 aliphatic carbocycles. The maximum Gasteiger partial charge on any atom is 0.416 e. The fraction of sp³-hybridized carbons (Fsp3) is 0.133. The molecule has 0 bridgehead atoms. The Bertz CT molecular complexity index is 806. The van der Waals surface area contributed by atoms with E-state index in [4.69, 9.17) is 23.8 Å². The Labute approximate surface area is 162 Å². The van der Waals surface area contributed by atoms with Crippen LogP contribution in [0.4, 0.5) is 37.7 Å². The average molecular weight is 478 g/mol. The summed E-state index contributed by atoms with van der Waals surface area (Å²) in [6.07, 6.45) is -9.89. The summed E-state index contributed by atoms with van der Waals surface area (Å²) in [7, 11) is 0. The van der Waals surface area contributed by atoms with Gasteiger partial charge in [-0.1, -0.05) is 27.5 Å². The molecule has 0 amide bonds. The molecule has 0 spiro atoms. The molecule has 11 heteroatoms.